The molecule has 7 heteroatoms. The normalized spacial score (nSPS) is 16.7. The van der Waals surface area contributed by atoms with Gasteiger partial charge in [-0.3, -0.25) is 13.9 Å². The lowest BCUT2D eigenvalue weighted by Crippen LogP contribution is -2.41. The van der Waals surface area contributed by atoms with Gasteiger partial charge in [0.25, 0.3) is 5.56 Å². The van der Waals surface area contributed by atoms with Crippen LogP contribution in [0.3, 0.4) is 0 Å². The summed E-state index contributed by atoms with van der Waals surface area (Å²) in [5.41, 5.74) is 3.94. The fourth-order valence-electron chi connectivity index (χ4n) is 4.14. The van der Waals surface area contributed by atoms with E-state index in [0.29, 0.717) is 30.2 Å². The topological polar surface area (TPSA) is 65.1 Å². The number of rotatable bonds is 3. The molecule has 0 saturated carbocycles. The van der Waals surface area contributed by atoms with E-state index in [9.17, 15) is 9.59 Å². The standard InChI is InChI=1S/C22H29N5O2/c1-13(2)10-27-20(28)18-19(24(6)22(27)29)23-21-25(11-14(3)12-26(18)21)17-8-7-15(4)16(5)9-17/h7-9,13-14H,10-12H2,1-6H3/t14-/m1/s1. The van der Waals surface area contributed by atoms with Crippen LogP contribution in [0, 0.1) is 25.7 Å². The summed E-state index contributed by atoms with van der Waals surface area (Å²) in [5, 5.41) is 0. The second-order valence-electron chi connectivity index (χ2n) is 8.83. The first-order valence-electron chi connectivity index (χ1n) is 10.2. The van der Waals surface area contributed by atoms with E-state index < -0.39 is 0 Å². The van der Waals surface area contributed by atoms with Gasteiger partial charge in [0.15, 0.2) is 11.2 Å². The van der Waals surface area contributed by atoms with Crippen molar-refractivity contribution >= 4 is 22.8 Å². The minimum Gasteiger partial charge on any atom is -0.312 e. The van der Waals surface area contributed by atoms with Gasteiger partial charge in [-0.1, -0.05) is 26.8 Å². The van der Waals surface area contributed by atoms with Crippen molar-refractivity contribution in [3.63, 3.8) is 0 Å². The lowest BCUT2D eigenvalue weighted by Gasteiger charge is -2.33. The van der Waals surface area contributed by atoms with Crippen LogP contribution in [0.4, 0.5) is 11.6 Å². The monoisotopic (exact) mass is 395 g/mol. The maximum absolute atomic E-state index is 13.3. The smallest absolute Gasteiger partial charge is 0.312 e. The maximum Gasteiger partial charge on any atom is 0.332 e. The quantitative estimate of drug-likeness (QED) is 0.684. The van der Waals surface area contributed by atoms with Crippen LogP contribution in [0.5, 0.6) is 0 Å². The van der Waals surface area contributed by atoms with E-state index in [2.05, 4.69) is 43.9 Å². The van der Waals surface area contributed by atoms with Gasteiger partial charge in [-0.25, -0.2) is 4.79 Å². The van der Waals surface area contributed by atoms with Gasteiger partial charge in [0, 0.05) is 32.4 Å². The van der Waals surface area contributed by atoms with Crippen molar-refractivity contribution in [3.05, 3.63) is 50.2 Å². The molecule has 3 aromatic rings. The predicted molar refractivity (Wildman–Crippen MR) is 116 cm³/mol. The number of aryl methyl sites for hydroxylation is 3. The second-order valence-corrected chi connectivity index (χ2v) is 8.83. The Balaban J connectivity index is 1.99. The molecule has 29 heavy (non-hydrogen) atoms. The van der Waals surface area contributed by atoms with Gasteiger partial charge < -0.3 is 9.47 Å². The first kappa shape index (κ1) is 19.5. The van der Waals surface area contributed by atoms with E-state index in [1.54, 1.807) is 7.05 Å². The number of hydrogen-bond donors (Lipinski definition) is 0. The molecule has 2 aromatic heterocycles. The highest BCUT2D eigenvalue weighted by Gasteiger charge is 2.30. The number of aromatic nitrogens is 4. The zero-order valence-corrected chi connectivity index (χ0v) is 18.1. The van der Waals surface area contributed by atoms with Crippen LogP contribution in [-0.2, 0) is 20.1 Å². The van der Waals surface area contributed by atoms with E-state index in [1.165, 1.54) is 20.3 Å². The Kier molecular flexibility index (Phi) is 4.63. The molecule has 0 N–H and O–H groups in total. The molecule has 0 bridgehead atoms. The molecule has 0 fully saturated rings. The predicted octanol–water partition coefficient (Wildman–Crippen LogP) is 2.96. The van der Waals surface area contributed by atoms with Crippen LogP contribution in [-0.4, -0.2) is 25.2 Å². The van der Waals surface area contributed by atoms with Crippen molar-refractivity contribution in [1.29, 1.82) is 0 Å². The fraction of sp³-hybridized carbons (Fsp3) is 0.500. The summed E-state index contributed by atoms with van der Waals surface area (Å²) >= 11 is 0. The van der Waals surface area contributed by atoms with Crippen LogP contribution in [0.2, 0.25) is 0 Å². The van der Waals surface area contributed by atoms with Gasteiger partial charge in [0.1, 0.15) is 0 Å². The lowest BCUT2D eigenvalue weighted by molar-refractivity contribution is 0.454. The van der Waals surface area contributed by atoms with E-state index >= 15 is 0 Å². The molecule has 7 nitrogen and oxygen atoms in total. The van der Waals surface area contributed by atoms with Crippen molar-refractivity contribution in [1.82, 2.24) is 18.7 Å². The molecule has 154 valence electrons. The minimum absolute atomic E-state index is 0.201. The van der Waals surface area contributed by atoms with Crippen molar-refractivity contribution in [2.24, 2.45) is 18.9 Å². The van der Waals surface area contributed by atoms with Gasteiger partial charge in [-0.05, 0) is 48.9 Å². The van der Waals surface area contributed by atoms with Crippen molar-refractivity contribution in [2.45, 2.75) is 47.7 Å². The summed E-state index contributed by atoms with van der Waals surface area (Å²) in [6, 6.07) is 6.37. The van der Waals surface area contributed by atoms with Gasteiger partial charge in [0.05, 0.1) is 0 Å². The van der Waals surface area contributed by atoms with Gasteiger partial charge in [-0.15, -0.1) is 0 Å². The largest absolute Gasteiger partial charge is 0.332 e. The summed E-state index contributed by atoms with van der Waals surface area (Å²) in [4.78, 5) is 33.0. The molecule has 1 aromatic carbocycles. The minimum atomic E-state index is -0.308. The Morgan fingerprint density at radius 3 is 2.52 bits per heavy atom. The number of fused-ring (bicyclic) bond motifs is 3. The molecular weight excluding hydrogens is 366 g/mol. The molecule has 0 amide bonds. The third-order valence-corrected chi connectivity index (χ3v) is 5.79. The van der Waals surface area contributed by atoms with E-state index in [-0.39, 0.29) is 17.2 Å². The maximum atomic E-state index is 13.3. The molecule has 3 heterocycles. The Morgan fingerprint density at radius 1 is 1.14 bits per heavy atom. The van der Waals surface area contributed by atoms with E-state index in [4.69, 9.17) is 4.98 Å². The van der Waals surface area contributed by atoms with Crippen molar-refractivity contribution in [3.8, 4) is 0 Å². The highest BCUT2D eigenvalue weighted by molar-refractivity contribution is 5.77. The van der Waals surface area contributed by atoms with Gasteiger partial charge >= 0.3 is 5.69 Å². The molecular formula is C22H29N5O2. The zero-order chi connectivity index (χ0) is 21.0. The summed E-state index contributed by atoms with van der Waals surface area (Å²) in [6.45, 7) is 12.3. The first-order valence-corrected chi connectivity index (χ1v) is 10.2. The van der Waals surface area contributed by atoms with Crippen LogP contribution in [0.15, 0.2) is 27.8 Å². The average molecular weight is 396 g/mol. The summed E-state index contributed by atoms with van der Waals surface area (Å²) in [7, 11) is 1.70. The Labute approximate surface area is 170 Å². The van der Waals surface area contributed by atoms with Crippen molar-refractivity contribution in [2.75, 3.05) is 11.4 Å². The lowest BCUT2D eigenvalue weighted by atomic mass is 10.1. The number of nitrogens with zero attached hydrogens (tertiary/aromatic N) is 5. The Bertz CT molecular complexity index is 1210. The molecule has 4 rings (SSSR count). The van der Waals surface area contributed by atoms with Gasteiger partial charge in [0.2, 0.25) is 5.95 Å². The number of hydrogen-bond acceptors (Lipinski definition) is 4. The number of benzene rings is 1. The molecule has 0 aliphatic carbocycles. The van der Waals surface area contributed by atoms with Crippen molar-refractivity contribution < 1.29 is 0 Å². The van der Waals surface area contributed by atoms with E-state index in [1.807, 2.05) is 18.4 Å². The summed E-state index contributed by atoms with van der Waals surface area (Å²) in [6.07, 6.45) is 0. The number of anilines is 2. The van der Waals surface area contributed by atoms with Gasteiger partial charge in [-0.2, -0.15) is 4.98 Å². The molecule has 0 radical (unpaired) electrons. The number of imidazole rings is 1. The highest BCUT2D eigenvalue weighted by atomic mass is 16.2. The molecule has 1 atom stereocenters. The molecule has 0 saturated heterocycles. The van der Waals surface area contributed by atoms with Crippen LogP contribution in [0.25, 0.3) is 11.2 Å². The molecule has 1 aliphatic heterocycles. The summed E-state index contributed by atoms with van der Waals surface area (Å²) < 4.78 is 4.85. The average Bonchev–Trinajstić information content (AvgIpc) is 3.04. The zero-order valence-electron chi connectivity index (χ0n) is 18.1. The third kappa shape index (κ3) is 3.09. The highest BCUT2D eigenvalue weighted by Crippen LogP contribution is 2.33. The summed E-state index contributed by atoms with van der Waals surface area (Å²) in [5.74, 6) is 1.28. The molecule has 1 aliphatic rings. The van der Waals surface area contributed by atoms with Crippen LogP contribution < -0.4 is 16.1 Å². The Morgan fingerprint density at radius 2 is 1.86 bits per heavy atom. The van der Waals surface area contributed by atoms with Crippen LogP contribution in [0.1, 0.15) is 31.9 Å². The van der Waals surface area contributed by atoms with E-state index in [0.717, 1.165) is 18.2 Å². The second kappa shape index (κ2) is 6.90. The molecule has 0 spiro atoms. The Hall–Kier alpha value is -2.83. The SMILES string of the molecule is Cc1ccc(N2C[C@@H](C)Cn3c2nc2c3c(=O)n(CC(C)C)c(=O)n2C)cc1C. The molecule has 0 unspecified atom stereocenters. The fourth-order valence-corrected chi connectivity index (χ4v) is 4.14. The first-order chi connectivity index (χ1) is 13.7. The van der Waals surface area contributed by atoms with Crippen LogP contribution >= 0.6 is 0 Å². The third-order valence-electron chi connectivity index (χ3n) is 5.79.